The van der Waals surface area contributed by atoms with Gasteiger partial charge < -0.3 is 4.98 Å². The monoisotopic (exact) mass is 233 g/mol. The standard InChI is InChI=1S/C13H19N3O/c1-7(2)10-6-16-12(17)11(8(3)4)9(5)14-13(16)15-10/h6-8H,1-5H3,(H,14,15). The van der Waals surface area contributed by atoms with E-state index in [1.807, 2.05) is 27.0 Å². The molecule has 2 heterocycles. The molecule has 0 spiro atoms. The molecule has 0 aliphatic heterocycles. The summed E-state index contributed by atoms with van der Waals surface area (Å²) >= 11 is 0. The lowest BCUT2D eigenvalue weighted by Gasteiger charge is -2.07. The molecule has 0 fully saturated rings. The van der Waals surface area contributed by atoms with Crippen molar-refractivity contribution >= 4 is 5.78 Å². The summed E-state index contributed by atoms with van der Waals surface area (Å²) in [4.78, 5) is 20.0. The van der Waals surface area contributed by atoms with Crippen molar-refractivity contribution in [3.05, 3.63) is 33.5 Å². The van der Waals surface area contributed by atoms with E-state index in [9.17, 15) is 4.79 Å². The van der Waals surface area contributed by atoms with Crippen LogP contribution in [0.15, 0.2) is 11.0 Å². The van der Waals surface area contributed by atoms with Crippen molar-refractivity contribution in [1.82, 2.24) is 14.4 Å². The van der Waals surface area contributed by atoms with Gasteiger partial charge >= 0.3 is 0 Å². The smallest absolute Gasteiger partial charge is 0.262 e. The molecule has 2 aromatic heterocycles. The van der Waals surface area contributed by atoms with Gasteiger partial charge in [0.15, 0.2) is 0 Å². The van der Waals surface area contributed by atoms with Gasteiger partial charge in [-0.15, -0.1) is 0 Å². The third kappa shape index (κ3) is 1.88. The summed E-state index contributed by atoms with van der Waals surface area (Å²) in [6.45, 7) is 10.1. The van der Waals surface area contributed by atoms with Gasteiger partial charge in [0.05, 0.1) is 5.69 Å². The Hall–Kier alpha value is -1.58. The second-order valence-corrected chi connectivity index (χ2v) is 5.13. The van der Waals surface area contributed by atoms with E-state index in [0.717, 1.165) is 17.0 Å². The Bertz CT molecular complexity index is 605. The molecule has 0 atom stereocenters. The molecule has 0 radical (unpaired) electrons. The van der Waals surface area contributed by atoms with Crippen LogP contribution in [0.3, 0.4) is 0 Å². The van der Waals surface area contributed by atoms with Crippen LogP contribution < -0.4 is 5.56 Å². The van der Waals surface area contributed by atoms with Gasteiger partial charge in [-0.25, -0.2) is 4.98 Å². The topological polar surface area (TPSA) is 50.2 Å². The number of aromatic amines is 1. The Morgan fingerprint density at radius 3 is 2.41 bits per heavy atom. The normalized spacial score (nSPS) is 11.9. The maximum Gasteiger partial charge on any atom is 0.262 e. The predicted molar refractivity (Wildman–Crippen MR) is 68.7 cm³/mol. The van der Waals surface area contributed by atoms with Crippen molar-refractivity contribution in [2.75, 3.05) is 0 Å². The average molecular weight is 233 g/mol. The highest BCUT2D eigenvalue weighted by molar-refractivity contribution is 5.36. The lowest BCUT2D eigenvalue weighted by atomic mass is 10.0. The fourth-order valence-corrected chi connectivity index (χ4v) is 2.12. The first-order valence-electron chi connectivity index (χ1n) is 6.03. The van der Waals surface area contributed by atoms with Crippen LogP contribution in [0.2, 0.25) is 0 Å². The molecular formula is C13H19N3O. The van der Waals surface area contributed by atoms with Crippen molar-refractivity contribution in [3.8, 4) is 0 Å². The van der Waals surface area contributed by atoms with Crippen LogP contribution in [0, 0.1) is 6.92 Å². The minimum absolute atomic E-state index is 0.0469. The van der Waals surface area contributed by atoms with Crippen molar-refractivity contribution in [2.45, 2.75) is 46.5 Å². The quantitative estimate of drug-likeness (QED) is 0.866. The highest BCUT2D eigenvalue weighted by Gasteiger charge is 2.15. The lowest BCUT2D eigenvalue weighted by molar-refractivity contribution is 0.806. The molecule has 2 aromatic rings. The SMILES string of the molecule is Cc1nc2[nH]c(C(C)C)cn2c(=O)c1C(C)C. The number of nitrogens with one attached hydrogen (secondary N) is 1. The molecule has 0 bridgehead atoms. The highest BCUT2D eigenvalue weighted by Crippen LogP contribution is 2.16. The predicted octanol–water partition coefficient (Wildman–Crippen LogP) is 2.58. The molecule has 0 aromatic carbocycles. The van der Waals surface area contributed by atoms with Crippen molar-refractivity contribution < 1.29 is 0 Å². The molecule has 0 saturated carbocycles. The lowest BCUT2D eigenvalue weighted by Crippen LogP contribution is -2.21. The van der Waals surface area contributed by atoms with E-state index in [0.29, 0.717) is 11.7 Å². The molecule has 0 amide bonds. The van der Waals surface area contributed by atoms with Crippen LogP contribution in [0.1, 0.15) is 56.5 Å². The molecule has 0 aliphatic rings. The molecule has 4 nitrogen and oxygen atoms in total. The molecule has 0 saturated heterocycles. The maximum atomic E-state index is 12.3. The number of aromatic nitrogens is 3. The maximum absolute atomic E-state index is 12.3. The molecule has 0 unspecified atom stereocenters. The number of hydrogen-bond donors (Lipinski definition) is 1. The summed E-state index contributed by atoms with van der Waals surface area (Å²) in [6.07, 6.45) is 1.86. The number of fused-ring (bicyclic) bond motifs is 1. The van der Waals surface area contributed by atoms with Crippen LogP contribution in [0.5, 0.6) is 0 Å². The average Bonchev–Trinajstić information content (AvgIpc) is 2.60. The van der Waals surface area contributed by atoms with Gasteiger partial charge in [-0.3, -0.25) is 9.20 Å². The third-order valence-electron chi connectivity index (χ3n) is 3.06. The molecule has 17 heavy (non-hydrogen) atoms. The van der Waals surface area contributed by atoms with Crippen LogP contribution in [0.4, 0.5) is 0 Å². The molecule has 4 heteroatoms. The third-order valence-corrected chi connectivity index (χ3v) is 3.06. The zero-order valence-electron chi connectivity index (χ0n) is 11.0. The molecule has 1 N–H and O–H groups in total. The van der Waals surface area contributed by atoms with Crippen LogP contribution in [-0.2, 0) is 0 Å². The summed E-state index contributed by atoms with van der Waals surface area (Å²) in [5, 5.41) is 0. The van der Waals surface area contributed by atoms with Crippen LogP contribution in [0.25, 0.3) is 5.78 Å². The minimum atomic E-state index is 0.0469. The number of H-pyrrole nitrogens is 1. The second-order valence-electron chi connectivity index (χ2n) is 5.13. The molecular weight excluding hydrogens is 214 g/mol. The van der Waals surface area contributed by atoms with Gasteiger partial charge in [0, 0.05) is 17.5 Å². The first-order valence-corrected chi connectivity index (χ1v) is 6.03. The number of rotatable bonds is 2. The van der Waals surface area contributed by atoms with Crippen molar-refractivity contribution in [3.63, 3.8) is 0 Å². The van der Waals surface area contributed by atoms with Gasteiger partial charge in [0.2, 0.25) is 5.78 Å². The number of imidazole rings is 1. The van der Waals surface area contributed by atoms with Gasteiger partial charge in [0.25, 0.3) is 5.56 Å². The fourth-order valence-electron chi connectivity index (χ4n) is 2.12. The van der Waals surface area contributed by atoms with Crippen LogP contribution >= 0.6 is 0 Å². The number of aryl methyl sites for hydroxylation is 1. The summed E-state index contributed by atoms with van der Waals surface area (Å²) in [6, 6.07) is 0. The first kappa shape index (κ1) is 11.9. The Labute approximate surface area is 101 Å². The van der Waals surface area contributed by atoms with Crippen molar-refractivity contribution in [1.29, 1.82) is 0 Å². The van der Waals surface area contributed by atoms with Gasteiger partial charge in [-0.2, -0.15) is 0 Å². The Morgan fingerprint density at radius 2 is 1.88 bits per heavy atom. The first-order chi connectivity index (χ1) is 7.91. The number of hydrogen-bond acceptors (Lipinski definition) is 2. The van der Waals surface area contributed by atoms with E-state index in [1.54, 1.807) is 4.40 Å². The second kappa shape index (κ2) is 4.02. The molecule has 92 valence electrons. The van der Waals surface area contributed by atoms with Gasteiger partial charge in [0.1, 0.15) is 0 Å². The van der Waals surface area contributed by atoms with Crippen LogP contribution in [-0.4, -0.2) is 14.4 Å². The molecule has 0 aliphatic carbocycles. The summed E-state index contributed by atoms with van der Waals surface area (Å²) in [5.41, 5.74) is 2.71. The van der Waals surface area contributed by atoms with E-state index in [4.69, 9.17) is 0 Å². The minimum Gasteiger partial charge on any atom is -0.327 e. The zero-order chi connectivity index (χ0) is 12.7. The van der Waals surface area contributed by atoms with E-state index in [2.05, 4.69) is 23.8 Å². The van der Waals surface area contributed by atoms with E-state index in [1.165, 1.54) is 0 Å². The summed E-state index contributed by atoms with van der Waals surface area (Å²) < 4.78 is 1.62. The highest BCUT2D eigenvalue weighted by atomic mass is 16.1. The molecule has 2 rings (SSSR count). The van der Waals surface area contributed by atoms with Gasteiger partial charge in [-0.1, -0.05) is 27.7 Å². The fraction of sp³-hybridized carbons (Fsp3) is 0.538. The van der Waals surface area contributed by atoms with Crippen molar-refractivity contribution in [2.24, 2.45) is 0 Å². The largest absolute Gasteiger partial charge is 0.327 e. The van der Waals surface area contributed by atoms with Gasteiger partial charge in [-0.05, 0) is 18.8 Å². The van der Waals surface area contributed by atoms with E-state index < -0.39 is 0 Å². The summed E-state index contributed by atoms with van der Waals surface area (Å²) in [5.74, 6) is 1.20. The van der Waals surface area contributed by atoms with E-state index >= 15 is 0 Å². The number of nitrogens with zero attached hydrogens (tertiary/aromatic N) is 2. The zero-order valence-corrected chi connectivity index (χ0v) is 11.0. The Kier molecular flexibility index (Phi) is 2.81. The summed E-state index contributed by atoms with van der Waals surface area (Å²) in [7, 11) is 0. The van der Waals surface area contributed by atoms with E-state index in [-0.39, 0.29) is 11.5 Å². The Balaban J connectivity index is 2.79. The Morgan fingerprint density at radius 1 is 1.24 bits per heavy atom.